The number of aromatic nitrogens is 3. The van der Waals surface area contributed by atoms with Crippen LogP contribution in [0.3, 0.4) is 0 Å². The molecular formula is C29H26Cl2N6O5. The van der Waals surface area contributed by atoms with E-state index in [2.05, 4.69) is 20.3 Å². The molecule has 0 saturated carbocycles. The number of esters is 1. The molecule has 2 amide bonds. The van der Waals surface area contributed by atoms with E-state index in [1.807, 2.05) is 0 Å². The Balaban J connectivity index is 1.67. The highest BCUT2D eigenvalue weighted by Crippen LogP contribution is 2.25. The summed E-state index contributed by atoms with van der Waals surface area (Å²) in [7, 11) is 2.73. The van der Waals surface area contributed by atoms with E-state index in [1.165, 1.54) is 49.7 Å². The molecule has 1 unspecified atom stereocenters. The lowest BCUT2D eigenvalue weighted by Gasteiger charge is -2.30. The molecule has 0 radical (unpaired) electrons. The third-order valence-electron chi connectivity index (χ3n) is 6.17. The molecule has 3 heterocycles. The van der Waals surface area contributed by atoms with Crippen LogP contribution in [0, 0.1) is 0 Å². The Morgan fingerprint density at radius 3 is 2.48 bits per heavy atom. The Morgan fingerprint density at radius 1 is 1.00 bits per heavy atom. The first-order valence-electron chi connectivity index (χ1n) is 12.5. The summed E-state index contributed by atoms with van der Waals surface area (Å²) in [5, 5.41) is 3.04. The van der Waals surface area contributed by atoms with Gasteiger partial charge in [0.2, 0.25) is 0 Å². The Bertz CT molecular complexity index is 1600. The van der Waals surface area contributed by atoms with Gasteiger partial charge in [-0.15, -0.1) is 0 Å². The highest BCUT2D eigenvalue weighted by molar-refractivity contribution is 6.34. The maximum Gasteiger partial charge on any atom is 0.329 e. The highest BCUT2D eigenvalue weighted by atomic mass is 35.5. The first-order valence-corrected chi connectivity index (χ1v) is 13.2. The molecule has 4 rings (SSSR count). The number of hydrogen-bond acceptors (Lipinski definition) is 9. The van der Waals surface area contributed by atoms with Crippen LogP contribution in [0.25, 0.3) is 0 Å². The first-order chi connectivity index (χ1) is 20.2. The average Bonchev–Trinajstić information content (AvgIpc) is 2.98. The van der Waals surface area contributed by atoms with E-state index in [1.54, 1.807) is 42.6 Å². The number of pyridine rings is 3. The second kappa shape index (κ2) is 13.7. The van der Waals surface area contributed by atoms with Crippen molar-refractivity contribution in [2.45, 2.75) is 19.0 Å². The van der Waals surface area contributed by atoms with E-state index < -0.39 is 23.8 Å². The molecule has 4 aromatic rings. The molecular weight excluding hydrogens is 583 g/mol. The summed E-state index contributed by atoms with van der Waals surface area (Å²) in [5.74, 6) is -1.01. The average molecular weight is 609 g/mol. The summed E-state index contributed by atoms with van der Waals surface area (Å²) in [6, 6.07) is 13.4. The van der Waals surface area contributed by atoms with Crippen molar-refractivity contribution in [2.75, 3.05) is 25.3 Å². The lowest BCUT2D eigenvalue weighted by atomic mass is 10.0. The van der Waals surface area contributed by atoms with Crippen LogP contribution in [0.5, 0.6) is 5.75 Å². The van der Waals surface area contributed by atoms with Crippen molar-refractivity contribution in [3.05, 3.63) is 106 Å². The van der Waals surface area contributed by atoms with Gasteiger partial charge in [-0.05, 0) is 42.0 Å². The normalized spacial score (nSPS) is 11.3. The number of anilines is 2. The van der Waals surface area contributed by atoms with Gasteiger partial charge in [0.25, 0.3) is 11.8 Å². The van der Waals surface area contributed by atoms with E-state index in [0.717, 1.165) is 0 Å². The van der Waals surface area contributed by atoms with Gasteiger partial charge in [0.15, 0.2) is 5.69 Å². The zero-order valence-corrected chi connectivity index (χ0v) is 24.1. The van der Waals surface area contributed by atoms with Gasteiger partial charge in [-0.2, -0.15) is 0 Å². The van der Waals surface area contributed by atoms with Gasteiger partial charge in [-0.1, -0.05) is 35.3 Å². The molecule has 1 aromatic carbocycles. The number of methoxy groups -OCH3 is 2. The molecule has 0 bridgehead atoms. The van der Waals surface area contributed by atoms with Crippen molar-refractivity contribution < 1.29 is 23.9 Å². The molecule has 0 fully saturated rings. The molecule has 216 valence electrons. The third kappa shape index (κ3) is 7.31. The predicted molar refractivity (Wildman–Crippen MR) is 157 cm³/mol. The molecule has 0 aliphatic carbocycles. The van der Waals surface area contributed by atoms with E-state index in [0.29, 0.717) is 17.0 Å². The number of nitrogens with one attached hydrogen (secondary N) is 1. The molecule has 3 aromatic heterocycles. The summed E-state index contributed by atoms with van der Waals surface area (Å²) >= 11 is 12.5. The molecule has 1 atom stereocenters. The number of rotatable bonds is 10. The number of ether oxygens (including phenoxy) is 2. The molecule has 0 aliphatic heterocycles. The van der Waals surface area contributed by atoms with E-state index in [9.17, 15) is 14.4 Å². The molecule has 42 heavy (non-hydrogen) atoms. The fourth-order valence-corrected chi connectivity index (χ4v) is 4.55. The maximum absolute atomic E-state index is 13.8. The molecule has 0 aliphatic rings. The standard InChI is InChI=1S/C29H26Cl2N6O5/c1-41-20-8-10-34-25(14-20)36-27(38)21-7-6-17(11-22(21)31)16-37(28(39)26-23(32)12-18(30)15-35-26)24(29(40)42-2)13-19-5-3-4-9-33-19/h3-12,14-15,24H,13,16,32H2,1-2H3,(H,34,36,38). The molecule has 3 N–H and O–H groups in total. The largest absolute Gasteiger partial charge is 0.497 e. The van der Waals surface area contributed by atoms with Crippen molar-refractivity contribution in [1.29, 1.82) is 0 Å². The van der Waals surface area contributed by atoms with E-state index in [-0.39, 0.29) is 45.8 Å². The van der Waals surface area contributed by atoms with Crippen LogP contribution >= 0.6 is 23.2 Å². The van der Waals surface area contributed by atoms with Gasteiger partial charge in [-0.25, -0.2) is 14.8 Å². The summed E-state index contributed by atoms with van der Waals surface area (Å²) in [5.41, 5.74) is 7.26. The second-order valence-corrected chi connectivity index (χ2v) is 9.78. The van der Waals surface area contributed by atoms with Crippen LogP contribution in [0.1, 0.15) is 32.1 Å². The van der Waals surface area contributed by atoms with Gasteiger partial charge in [0.1, 0.15) is 17.6 Å². The number of hydrogen-bond donors (Lipinski definition) is 2. The molecule has 0 saturated heterocycles. The second-order valence-electron chi connectivity index (χ2n) is 8.94. The zero-order valence-electron chi connectivity index (χ0n) is 22.6. The zero-order chi connectivity index (χ0) is 30.2. The van der Waals surface area contributed by atoms with Gasteiger partial charge < -0.3 is 25.4 Å². The Kier molecular flexibility index (Phi) is 9.89. The minimum Gasteiger partial charge on any atom is -0.497 e. The lowest BCUT2D eigenvalue weighted by molar-refractivity contribution is -0.146. The monoisotopic (exact) mass is 608 g/mol. The third-order valence-corrected chi connectivity index (χ3v) is 6.68. The minimum absolute atomic E-state index is 0.0372. The number of nitrogen functional groups attached to an aromatic ring is 1. The van der Waals surface area contributed by atoms with Gasteiger partial charge in [-0.3, -0.25) is 14.6 Å². The van der Waals surface area contributed by atoms with Gasteiger partial charge in [0, 0.05) is 43.3 Å². The number of nitrogens with two attached hydrogens (primary N) is 1. The fraction of sp³-hybridized carbons (Fsp3) is 0.172. The Morgan fingerprint density at radius 2 is 1.81 bits per heavy atom. The number of carbonyl (C=O) groups excluding carboxylic acids is 3. The van der Waals surface area contributed by atoms with Crippen molar-refractivity contribution in [2.24, 2.45) is 0 Å². The van der Waals surface area contributed by atoms with Crippen molar-refractivity contribution in [3.63, 3.8) is 0 Å². The Hall–Kier alpha value is -4.74. The summed E-state index contributed by atoms with van der Waals surface area (Å²) in [6.45, 7) is -0.103. The van der Waals surface area contributed by atoms with Crippen LogP contribution in [-0.4, -0.2) is 57.9 Å². The van der Waals surface area contributed by atoms with E-state index in [4.69, 9.17) is 38.4 Å². The molecule has 0 spiro atoms. The quantitative estimate of drug-likeness (QED) is 0.249. The van der Waals surface area contributed by atoms with Crippen LogP contribution in [0.15, 0.2) is 73.2 Å². The molecule has 11 nitrogen and oxygen atoms in total. The van der Waals surface area contributed by atoms with Crippen LogP contribution < -0.4 is 15.8 Å². The van der Waals surface area contributed by atoms with Gasteiger partial charge in [0.05, 0.1) is 35.5 Å². The van der Waals surface area contributed by atoms with Crippen molar-refractivity contribution >= 4 is 52.5 Å². The predicted octanol–water partition coefficient (Wildman–Crippen LogP) is 4.45. The summed E-state index contributed by atoms with van der Waals surface area (Å²) in [6.07, 6.45) is 4.42. The summed E-state index contributed by atoms with van der Waals surface area (Å²) < 4.78 is 10.2. The molecule has 13 heteroatoms. The van der Waals surface area contributed by atoms with Crippen molar-refractivity contribution in [3.8, 4) is 5.75 Å². The smallest absolute Gasteiger partial charge is 0.329 e. The fourth-order valence-electron chi connectivity index (χ4n) is 4.09. The lowest BCUT2D eigenvalue weighted by Crippen LogP contribution is -2.47. The topological polar surface area (TPSA) is 150 Å². The number of benzene rings is 1. The first kappa shape index (κ1) is 30.2. The van der Waals surface area contributed by atoms with Crippen LogP contribution in [-0.2, 0) is 22.5 Å². The van der Waals surface area contributed by atoms with Crippen molar-refractivity contribution in [1.82, 2.24) is 19.9 Å². The van der Waals surface area contributed by atoms with E-state index >= 15 is 0 Å². The van der Waals surface area contributed by atoms with Gasteiger partial charge >= 0.3 is 5.97 Å². The summed E-state index contributed by atoms with van der Waals surface area (Å²) in [4.78, 5) is 53.6. The number of halogens is 2. The van der Waals surface area contributed by atoms with Crippen LogP contribution in [0.2, 0.25) is 10.0 Å². The SMILES string of the molecule is COC(=O)C(Cc1ccccn1)N(Cc1ccc(C(=O)Nc2cc(OC)ccn2)c(Cl)c1)C(=O)c1ncc(Cl)cc1N. The number of amides is 2. The minimum atomic E-state index is -1.10. The highest BCUT2D eigenvalue weighted by Gasteiger charge is 2.34. The Labute approximate surface area is 251 Å². The number of nitrogens with zero attached hydrogens (tertiary/aromatic N) is 4. The maximum atomic E-state index is 13.8. The number of carbonyl (C=O) groups is 3. The van der Waals surface area contributed by atoms with Crippen LogP contribution in [0.4, 0.5) is 11.5 Å².